The van der Waals surface area contributed by atoms with Crippen molar-refractivity contribution in [3.8, 4) is 11.6 Å². The average molecular weight is 411 g/mol. The van der Waals surface area contributed by atoms with Gasteiger partial charge >= 0.3 is 0 Å². The van der Waals surface area contributed by atoms with Gasteiger partial charge in [0.05, 0.1) is 4.70 Å². The van der Waals surface area contributed by atoms with Crippen molar-refractivity contribution in [1.82, 2.24) is 9.97 Å². The van der Waals surface area contributed by atoms with Gasteiger partial charge in [0.25, 0.3) is 0 Å². The van der Waals surface area contributed by atoms with Gasteiger partial charge in [0.2, 0.25) is 11.8 Å². The zero-order valence-corrected chi connectivity index (χ0v) is 13.9. The van der Waals surface area contributed by atoms with Crippen molar-refractivity contribution in [3.63, 3.8) is 0 Å². The van der Waals surface area contributed by atoms with E-state index in [4.69, 9.17) is 4.74 Å². The van der Waals surface area contributed by atoms with E-state index in [1.165, 1.54) is 18.3 Å². The number of aromatic nitrogens is 2. The Kier molecular flexibility index (Phi) is 4.02. The summed E-state index contributed by atoms with van der Waals surface area (Å²) in [6.45, 7) is 1.46. The Bertz CT molecular complexity index is 819. The van der Waals surface area contributed by atoms with Crippen molar-refractivity contribution in [2.75, 3.05) is 5.32 Å². The first kappa shape index (κ1) is 14.2. The van der Waals surface area contributed by atoms with Crippen molar-refractivity contribution in [2.24, 2.45) is 0 Å². The third kappa shape index (κ3) is 3.30. The molecule has 3 rings (SSSR count). The van der Waals surface area contributed by atoms with Crippen LogP contribution < -0.4 is 10.1 Å². The minimum Gasteiger partial charge on any atom is -0.437 e. The van der Waals surface area contributed by atoms with Crippen LogP contribution in [0.5, 0.6) is 11.6 Å². The Hall–Kier alpha value is -1.74. The number of halogens is 1. The summed E-state index contributed by atoms with van der Waals surface area (Å²) >= 11 is 3.61. The molecule has 1 aromatic carbocycles. The lowest BCUT2D eigenvalue weighted by Crippen LogP contribution is -2.04. The van der Waals surface area contributed by atoms with Crippen LogP contribution >= 0.6 is 33.9 Å². The zero-order valence-electron chi connectivity index (χ0n) is 11.0. The molecule has 1 N–H and O–H groups in total. The van der Waals surface area contributed by atoms with E-state index in [9.17, 15) is 4.79 Å². The first-order valence-corrected chi connectivity index (χ1v) is 7.98. The number of rotatable bonds is 3. The monoisotopic (exact) mass is 411 g/mol. The Labute approximate surface area is 138 Å². The van der Waals surface area contributed by atoms with Gasteiger partial charge in [-0.2, -0.15) is 0 Å². The molecule has 2 heterocycles. The number of fused-ring (bicyclic) bond motifs is 1. The van der Waals surface area contributed by atoms with E-state index in [0.29, 0.717) is 22.3 Å². The molecule has 0 saturated heterocycles. The molecule has 2 aromatic heterocycles. The van der Waals surface area contributed by atoms with Crippen LogP contribution in [0.2, 0.25) is 0 Å². The SMILES string of the molecule is CC(=O)Nc1nc2c(Oc3cc(I)ccn3)cccc2s1. The molecule has 7 heteroatoms. The highest BCUT2D eigenvalue weighted by Gasteiger charge is 2.11. The number of hydrogen-bond acceptors (Lipinski definition) is 5. The van der Waals surface area contributed by atoms with E-state index in [0.717, 1.165) is 8.27 Å². The van der Waals surface area contributed by atoms with E-state index in [-0.39, 0.29) is 5.91 Å². The van der Waals surface area contributed by atoms with Gasteiger partial charge in [0.15, 0.2) is 10.9 Å². The highest BCUT2D eigenvalue weighted by Crippen LogP contribution is 2.34. The van der Waals surface area contributed by atoms with Crippen LogP contribution in [0.3, 0.4) is 0 Å². The number of benzene rings is 1. The number of carbonyl (C=O) groups excluding carboxylic acids is 1. The normalized spacial score (nSPS) is 10.6. The van der Waals surface area contributed by atoms with Gasteiger partial charge in [-0.15, -0.1) is 0 Å². The maximum atomic E-state index is 11.1. The topological polar surface area (TPSA) is 64.1 Å². The molecule has 5 nitrogen and oxygen atoms in total. The highest BCUT2D eigenvalue weighted by molar-refractivity contribution is 14.1. The van der Waals surface area contributed by atoms with Crippen LogP contribution in [0, 0.1) is 3.57 Å². The minimum absolute atomic E-state index is 0.143. The summed E-state index contributed by atoms with van der Waals surface area (Å²) in [6, 6.07) is 9.40. The molecule has 3 aromatic rings. The fraction of sp³-hybridized carbons (Fsp3) is 0.0714. The fourth-order valence-corrected chi connectivity index (χ4v) is 3.12. The highest BCUT2D eigenvalue weighted by atomic mass is 127. The molecule has 1 amide bonds. The van der Waals surface area contributed by atoms with Gasteiger partial charge in [0, 0.05) is 22.8 Å². The summed E-state index contributed by atoms with van der Waals surface area (Å²) in [5, 5.41) is 3.25. The number of pyridine rings is 1. The van der Waals surface area contributed by atoms with Gasteiger partial charge < -0.3 is 10.1 Å². The Morgan fingerprint density at radius 1 is 1.38 bits per heavy atom. The second kappa shape index (κ2) is 5.94. The maximum Gasteiger partial charge on any atom is 0.223 e. The van der Waals surface area contributed by atoms with E-state index >= 15 is 0 Å². The number of ether oxygens (including phenoxy) is 1. The quantitative estimate of drug-likeness (QED) is 0.661. The third-order valence-corrected chi connectivity index (χ3v) is 4.18. The second-order valence-corrected chi connectivity index (χ2v) is 6.49. The van der Waals surface area contributed by atoms with E-state index in [1.807, 2.05) is 30.3 Å². The predicted molar refractivity (Wildman–Crippen MR) is 91.0 cm³/mol. The first-order chi connectivity index (χ1) is 10.1. The number of amides is 1. The average Bonchev–Trinajstić information content (AvgIpc) is 2.81. The van der Waals surface area contributed by atoms with Crippen LogP contribution in [0.25, 0.3) is 10.2 Å². The zero-order chi connectivity index (χ0) is 14.8. The second-order valence-electron chi connectivity index (χ2n) is 4.22. The van der Waals surface area contributed by atoms with Crippen LogP contribution in [-0.2, 0) is 4.79 Å². The van der Waals surface area contributed by atoms with Gasteiger partial charge in [-0.05, 0) is 40.8 Å². The Morgan fingerprint density at radius 2 is 2.24 bits per heavy atom. The van der Waals surface area contributed by atoms with Crippen LogP contribution in [0.1, 0.15) is 6.92 Å². The molecule has 21 heavy (non-hydrogen) atoms. The summed E-state index contributed by atoms with van der Waals surface area (Å²) in [6.07, 6.45) is 1.70. The third-order valence-electron chi connectivity index (χ3n) is 2.58. The molecular weight excluding hydrogens is 401 g/mol. The molecule has 0 aliphatic rings. The molecule has 0 saturated carbocycles. The summed E-state index contributed by atoms with van der Waals surface area (Å²) < 4.78 is 7.80. The molecular formula is C14H10IN3O2S. The standard InChI is InChI=1S/C14H10IN3O2S/c1-8(19)17-14-18-13-10(3-2-4-11(13)21-14)20-12-7-9(15)5-6-16-12/h2-7H,1H3,(H,17,18,19). The fourth-order valence-electron chi connectivity index (χ4n) is 1.76. The molecule has 0 spiro atoms. The summed E-state index contributed by atoms with van der Waals surface area (Å²) in [7, 11) is 0. The Balaban J connectivity index is 1.98. The molecule has 0 aliphatic carbocycles. The van der Waals surface area contributed by atoms with Crippen LogP contribution in [0.4, 0.5) is 5.13 Å². The molecule has 0 atom stereocenters. The van der Waals surface area contributed by atoms with Crippen LogP contribution in [0.15, 0.2) is 36.5 Å². The number of thiazole rings is 1. The number of hydrogen-bond donors (Lipinski definition) is 1. The van der Waals surface area contributed by atoms with Crippen molar-refractivity contribution < 1.29 is 9.53 Å². The molecule has 0 unspecified atom stereocenters. The summed E-state index contributed by atoms with van der Waals surface area (Å²) in [5.41, 5.74) is 0.715. The lowest BCUT2D eigenvalue weighted by molar-refractivity contribution is -0.114. The molecule has 106 valence electrons. The minimum atomic E-state index is -0.143. The molecule has 0 bridgehead atoms. The van der Waals surface area contributed by atoms with Gasteiger partial charge in [-0.1, -0.05) is 17.4 Å². The summed E-state index contributed by atoms with van der Waals surface area (Å²) in [4.78, 5) is 19.7. The number of nitrogens with zero attached hydrogens (tertiary/aromatic N) is 2. The number of para-hydroxylation sites is 1. The predicted octanol–water partition coefficient (Wildman–Crippen LogP) is 4.05. The van der Waals surface area contributed by atoms with Gasteiger partial charge in [-0.3, -0.25) is 4.79 Å². The number of nitrogens with one attached hydrogen (secondary N) is 1. The van der Waals surface area contributed by atoms with Crippen LogP contribution in [-0.4, -0.2) is 15.9 Å². The van der Waals surface area contributed by atoms with Gasteiger partial charge in [0.1, 0.15) is 5.52 Å². The number of carbonyl (C=O) groups is 1. The summed E-state index contributed by atoms with van der Waals surface area (Å²) in [5.74, 6) is 0.995. The van der Waals surface area contributed by atoms with E-state index in [1.54, 1.807) is 6.20 Å². The lowest BCUT2D eigenvalue weighted by atomic mass is 10.3. The van der Waals surface area contributed by atoms with Gasteiger partial charge in [-0.25, -0.2) is 9.97 Å². The molecule has 0 fully saturated rings. The first-order valence-electron chi connectivity index (χ1n) is 6.08. The van der Waals surface area contributed by atoms with Crippen molar-refractivity contribution in [1.29, 1.82) is 0 Å². The molecule has 0 aliphatic heterocycles. The van der Waals surface area contributed by atoms with E-state index in [2.05, 4.69) is 37.9 Å². The Morgan fingerprint density at radius 3 is 3.00 bits per heavy atom. The number of anilines is 1. The maximum absolute atomic E-state index is 11.1. The molecule has 0 radical (unpaired) electrons. The van der Waals surface area contributed by atoms with Crippen molar-refractivity contribution >= 4 is 55.2 Å². The van der Waals surface area contributed by atoms with Crippen molar-refractivity contribution in [3.05, 3.63) is 40.1 Å². The lowest BCUT2D eigenvalue weighted by Gasteiger charge is -2.05. The smallest absolute Gasteiger partial charge is 0.223 e. The largest absolute Gasteiger partial charge is 0.437 e. The van der Waals surface area contributed by atoms with E-state index < -0.39 is 0 Å². The van der Waals surface area contributed by atoms with Crippen molar-refractivity contribution in [2.45, 2.75) is 6.92 Å².